The van der Waals surface area contributed by atoms with Crippen LogP contribution in [-0.4, -0.2) is 23.9 Å². The molecule has 132 valence electrons. The Kier molecular flexibility index (Phi) is 5.77. The maximum atomic E-state index is 12.6. The van der Waals surface area contributed by atoms with E-state index in [1.165, 1.54) is 5.56 Å². The summed E-state index contributed by atoms with van der Waals surface area (Å²) in [5.74, 6) is 0.150. The number of nitrogens with one attached hydrogen (secondary N) is 1. The first-order valence-corrected chi connectivity index (χ1v) is 9.24. The highest BCUT2D eigenvalue weighted by Crippen LogP contribution is 2.29. The predicted molar refractivity (Wildman–Crippen MR) is 104 cm³/mol. The molecule has 1 saturated heterocycles. The van der Waals surface area contributed by atoms with Gasteiger partial charge in [-0.2, -0.15) is 0 Å². The SMILES string of the molecule is Cc1cc(C)c(NC(=O)C2CCN(Cc3ccccc3)CC2)c(Cl)c1. The van der Waals surface area contributed by atoms with Crippen LogP contribution in [0.15, 0.2) is 42.5 Å². The van der Waals surface area contributed by atoms with E-state index < -0.39 is 0 Å². The van der Waals surface area contributed by atoms with Crippen LogP contribution in [0, 0.1) is 19.8 Å². The number of likely N-dealkylation sites (tertiary alicyclic amines) is 1. The number of carbonyl (C=O) groups excluding carboxylic acids is 1. The number of amides is 1. The summed E-state index contributed by atoms with van der Waals surface area (Å²) in [6, 6.07) is 14.4. The average Bonchev–Trinajstić information content (AvgIpc) is 2.59. The van der Waals surface area contributed by atoms with E-state index in [-0.39, 0.29) is 11.8 Å². The van der Waals surface area contributed by atoms with Gasteiger partial charge in [-0.05, 0) is 62.5 Å². The van der Waals surface area contributed by atoms with Crippen LogP contribution in [0.5, 0.6) is 0 Å². The van der Waals surface area contributed by atoms with Gasteiger partial charge in [-0.1, -0.05) is 48.0 Å². The van der Waals surface area contributed by atoms with Crippen molar-refractivity contribution >= 4 is 23.2 Å². The molecule has 0 bridgehead atoms. The minimum atomic E-state index is 0.0591. The topological polar surface area (TPSA) is 32.3 Å². The van der Waals surface area contributed by atoms with Crippen LogP contribution in [0.2, 0.25) is 5.02 Å². The number of halogens is 1. The maximum absolute atomic E-state index is 12.6. The van der Waals surface area contributed by atoms with Crippen molar-refractivity contribution in [3.8, 4) is 0 Å². The molecular weight excluding hydrogens is 332 g/mol. The first-order valence-electron chi connectivity index (χ1n) is 8.87. The lowest BCUT2D eigenvalue weighted by Gasteiger charge is -2.31. The number of hydrogen-bond donors (Lipinski definition) is 1. The van der Waals surface area contributed by atoms with Gasteiger partial charge in [0, 0.05) is 12.5 Å². The molecule has 1 N–H and O–H groups in total. The fraction of sp³-hybridized carbons (Fsp3) is 0.381. The molecule has 0 aromatic heterocycles. The Labute approximate surface area is 155 Å². The summed E-state index contributed by atoms with van der Waals surface area (Å²) < 4.78 is 0. The standard InChI is InChI=1S/C21H25ClN2O/c1-15-12-16(2)20(19(22)13-15)23-21(25)18-8-10-24(11-9-18)14-17-6-4-3-5-7-17/h3-7,12-13,18H,8-11,14H2,1-2H3,(H,23,25). The molecule has 2 aromatic carbocycles. The Morgan fingerprint density at radius 1 is 1.16 bits per heavy atom. The number of benzene rings is 2. The largest absolute Gasteiger partial charge is 0.324 e. The molecule has 3 nitrogen and oxygen atoms in total. The van der Waals surface area contributed by atoms with Crippen molar-refractivity contribution in [2.24, 2.45) is 5.92 Å². The number of hydrogen-bond acceptors (Lipinski definition) is 2. The van der Waals surface area contributed by atoms with Gasteiger partial charge in [0.2, 0.25) is 5.91 Å². The maximum Gasteiger partial charge on any atom is 0.227 e. The lowest BCUT2D eigenvalue weighted by Crippen LogP contribution is -2.37. The second-order valence-corrected chi connectivity index (χ2v) is 7.37. The first-order chi connectivity index (χ1) is 12.0. The van der Waals surface area contributed by atoms with E-state index in [9.17, 15) is 4.79 Å². The number of nitrogens with zero attached hydrogens (tertiary/aromatic N) is 1. The zero-order valence-electron chi connectivity index (χ0n) is 14.9. The Hall–Kier alpha value is -1.84. The van der Waals surface area contributed by atoms with Gasteiger partial charge in [0.25, 0.3) is 0 Å². The van der Waals surface area contributed by atoms with Gasteiger partial charge in [-0.15, -0.1) is 0 Å². The van der Waals surface area contributed by atoms with Gasteiger partial charge in [0.15, 0.2) is 0 Å². The lowest BCUT2D eigenvalue weighted by atomic mass is 9.95. The Morgan fingerprint density at radius 2 is 1.84 bits per heavy atom. The third-order valence-corrected chi connectivity index (χ3v) is 5.19. The van der Waals surface area contributed by atoms with Gasteiger partial charge >= 0.3 is 0 Å². The summed E-state index contributed by atoms with van der Waals surface area (Å²) in [4.78, 5) is 15.1. The molecule has 1 aliphatic heterocycles. The van der Waals surface area contributed by atoms with Gasteiger partial charge in [0.1, 0.15) is 0 Å². The highest BCUT2D eigenvalue weighted by Gasteiger charge is 2.25. The Balaban J connectivity index is 1.55. The summed E-state index contributed by atoms with van der Waals surface area (Å²) in [5, 5.41) is 3.67. The van der Waals surface area contributed by atoms with Crippen LogP contribution in [0.4, 0.5) is 5.69 Å². The van der Waals surface area contributed by atoms with Gasteiger partial charge in [0.05, 0.1) is 10.7 Å². The second kappa shape index (κ2) is 8.03. The monoisotopic (exact) mass is 356 g/mol. The summed E-state index contributed by atoms with van der Waals surface area (Å²) in [7, 11) is 0. The summed E-state index contributed by atoms with van der Waals surface area (Å²) in [6.45, 7) is 6.85. The quantitative estimate of drug-likeness (QED) is 0.852. The molecule has 1 heterocycles. The highest BCUT2D eigenvalue weighted by molar-refractivity contribution is 6.34. The Bertz CT molecular complexity index is 714. The molecule has 0 spiro atoms. The van der Waals surface area contributed by atoms with E-state index in [4.69, 9.17) is 11.6 Å². The summed E-state index contributed by atoms with van der Waals surface area (Å²) in [5.41, 5.74) is 4.20. The van der Waals surface area contributed by atoms with Crippen molar-refractivity contribution in [2.75, 3.05) is 18.4 Å². The van der Waals surface area contributed by atoms with Crippen molar-refractivity contribution in [3.63, 3.8) is 0 Å². The zero-order valence-corrected chi connectivity index (χ0v) is 15.6. The molecule has 0 radical (unpaired) electrons. The molecular formula is C21H25ClN2O. The number of anilines is 1. The van der Waals surface area contributed by atoms with Crippen molar-refractivity contribution in [2.45, 2.75) is 33.2 Å². The normalized spacial score (nSPS) is 16.0. The van der Waals surface area contributed by atoms with E-state index in [1.54, 1.807) is 0 Å². The minimum absolute atomic E-state index is 0.0591. The molecule has 2 aromatic rings. The van der Waals surface area contributed by atoms with Crippen LogP contribution in [0.25, 0.3) is 0 Å². The van der Waals surface area contributed by atoms with Crippen LogP contribution in [-0.2, 0) is 11.3 Å². The number of carbonyl (C=O) groups is 1. The third kappa shape index (κ3) is 4.62. The molecule has 1 fully saturated rings. The van der Waals surface area contributed by atoms with Crippen LogP contribution in [0.1, 0.15) is 29.5 Å². The van der Waals surface area contributed by atoms with E-state index in [0.717, 1.165) is 49.3 Å². The van der Waals surface area contributed by atoms with Gasteiger partial charge < -0.3 is 5.32 Å². The zero-order chi connectivity index (χ0) is 17.8. The smallest absolute Gasteiger partial charge is 0.227 e. The van der Waals surface area contributed by atoms with Crippen molar-refractivity contribution in [1.82, 2.24) is 4.90 Å². The lowest BCUT2D eigenvalue weighted by molar-refractivity contribution is -0.121. The summed E-state index contributed by atoms with van der Waals surface area (Å²) >= 11 is 6.31. The minimum Gasteiger partial charge on any atom is -0.324 e. The fourth-order valence-electron chi connectivity index (χ4n) is 3.49. The number of rotatable bonds is 4. The molecule has 0 aliphatic carbocycles. The average molecular weight is 357 g/mol. The van der Waals surface area contributed by atoms with E-state index >= 15 is 0 Å². The van der Waals surface area contributed by atoms with Crippen molar-refractivity contribution < 1.29 is 4.79 Å². The second-order valence-electron chi connectivity index (χ2n) is 6.96. The Morgan fingerprint density at radius 3 is 2.48 bits per heavy atom. The van der Waals surface area contributed by atoms with E-state index in [2.05, 4.69) is 34.5 Å². The third-order valence-electron chi connectivity index (χ3n) is 4.89. The summed E-state index contributed by atoms with van der Waals surface area (Å²) in [6.07, 6.45) is 1.78. The molecule has 1 aliphatic rings. The van der Waals surface area contributed by atoms with Crippen LogP contribution >= 0.6 is 11.6 Å². The fourth-order valence-corrected chi connectivity index (χ4v) is 3.86. The molecule has 0 unspecified atom stereocenters. The molecule has 0 atom stereocenters. The van der Waals surface area contributed by atoms with Crippen LogP contribution in [0.3, 0.4) is 0 Å². The van der Waals surface area contributed by atoms with Crippen LogP contribution < -0.4 is 5.32 Å². The van der Waals surface area contributed by atoms with Gasteiger partial charge in [-0.25, -0.2) is 0 Å². The number of aryl methyl sites for hydroxylation is 2. The van der Waals surface area contributed by atoms with Crippen molar-refractivity contribution in [1.29, 1.82) is 0 Å². The molecule has 25 heavy (non-hydrogen) atoms. The molecule has 4 heteroatoms. The van der Waals surface area contributed by atoms with Crippen molar-refractivity contribution in [3.05, 3.63) is 64.2 Å². The molecule has 0 saturated carbocycles. The van der Waals surface area contributed by atoms with Gasteiger partial charge in [-0.3, -0.25) is 9.69 Å². The molecule has 3 rings (SSSR count). The predicted octanol–water partition coefficient (Wildman–Crippen LogP) is 4.81. The van der Waals surface area contributed by atoms with E-state index in [0.29, 0.717) is 5.02 Å². The van der Waals surface area contributed by atoms with E-state index in [1.807, 2.05) is 32.0 Å². The molecule has 1 amide bonds. The first kappa shape index (κ1) is 18.0. The number of piperidine rings is 1. The highest BCUT2D eigenvalue weighted by atomic mass is 35.5.